The number of hydrogen-bond acceptors (Lipinski definition) is 6. The van der Waals surface area contributed by atoms with Crippen LogP contribution in [0.1, 0.15) is 37.7 Å². The second-order valence-corrected chi connectivity index (χ2v) is 4.88. The lowest BCUT2D eigenvalue weighted by Gasteiger charge is -2.27. The maximum Gasteiger partial charge on any atom is 0.243 e. The molecule has 0 saturated carbocycles. The molecule has 6 heteroatoms. The lowest BCUT2D eigenvalue weighted by Crippen LogP contribution is -2.35. The van der Waals surface area contributed by atoms with Crippen LogP contribution in [0.3, 0.4) is 0 Å². The van der Waals surface area contributed by atoms with Gasteiger partial charge in [0.1, 0.15) is 6.10 Å². The van der Waals surface area contributed by atoms with Crippen molar-refractivity contribution in [3.05, 3.63) is 11.7 Å². The fourth-order valence-electron chi connectivity index (χ4n) is 1.73. The van der Waals surface area contributed by atoms with Gasteiger partial charge in [-0.1, -0.05) is 19.0 Å². The minimum absolute atomic E-state index is 0.106. The summed E-state index contributed by atoms with van der Waals surface area (Å²) in [6, 6.07) is -0.211. The average molecular weight is 240 g/mol. The van der Waals surface area contributed by atoms with Crippen LogP contribution in [0.25, 0.3) is 0 Å². The molecule has 17 heavy (non-hydrogen) atoms. The lowest BCUT2D eigenvalue weighted by atomic mass is 10.1. The fraction of sp³-hybridized carbons (Fsp3) is 0.818. The monoisotopic (exact) mass is 240 g/mol. The molecule has 0 aromatic carbocycles. The fourth-order valence-corrected chi connectivity index (χ4v) is 1.73. The van der Waals surface area contributed by atoms with Gasteiger partial charge in [-0.25, -0.2) is 0 Å². The summed E-state index contributed by atoms with van der Waals surface area (Å²) in [5.41, 5.74) is 5.96. The third-order valence-corrected chi connectivity index (χ3v) is 3.02. The normalized spacial score (nSPS) is 24.2. The van der Waals surface area contributed by atoms with E-state index in [9.17, 15) is 0 Å². The SMILES string of the molecule is CC(C)C(N)c1nc(C2CN(C)CCO2)no1. The molecular weight excluding hydrogens is 220 g/mol. The van der Waals surface area contributed by atoms with Crippen molar-refractivity contribution in [2.75, 3.05) is 26.7 Å². The van der Waals surface area contributed by atoms with Crippen LogP contribution in [-0.4, -0.2) is 41.8 Å². The van der Waals surface area contributed by atoms with E-state index >= 15 is 0 Å². The highest BCUT2D eigenvalue weighted by Gasteiger charge is 2.26. The van der Waals surface area contributed by atoms with Crippen molar-refractivity contribution in [3.63, 3.8) is 0 Å². The van der Waals surface area contributed by atoms with Crippen molar-refractivity contribution in [2.24, 2.45) is 11.7 Å². The number of nitrogens with two attached hydrogens (primary N) is 1. The molecule has 2 N–H and O–H groups in total. The van der Waals surface area contributed by atoms with E-state index < -0.39 is 0 Å². The van der Waals surface area contributed by atoms with Crippen LogP contribution in [0.5, 0.6) is 0 Å². The van der Waals surface area contributed by atoms with Gasteiger partial charge in [-0.05, 0) is 13.0 Å². The number of ether oxygens (including phenoxy) is 1. The minimum atomic E-state index is -0.211. The molecule has 0 spiro atoms. The molecule has 1 saturated heterocycles. The number of nitrogens with zero attached hydrogens (tertiary/aromatic N) is 3. The number of morpholine rings is 1. The Hall–Kier alpha value is -0.980. The third kappa shape index (κ3) is 2.83. The Bertz CT molecular complexity index is 366. The zero-order valence-corrected chi connectivity index (χ0v) is 10.6. The Labute approximate surface area is 101 Å². The second-order valence-electron chi connectivity index (χ2n) is 4.88. The second kappa shape index (κ2) is 5.12. The molecule has 1 aliphatic rings. The Morgan fingerprint density at radius 3 is 2.88 bits per heavy atom. The van der Waals surface area contributed by atoms with E-state index in [1.807, 2.05) is 13.8 Å². The van der Waals surface area contributed by atoms with E-state index in [1.54, 1.807) is 0 Å². The maximum atomic E-state index is 5.96. The minimum Gasteiger partial charge on any atom is -0.367 e. The van der Waals surface area contributed by atoms with Gasteiger partial charge in [0.05, 0.1) is 12.6 Å². The van der Waals surface area contributed by atoms with Gasteiger partial charge < -0.3 is 19.9 Å². The molecule has 0 radical (unpaired) electrons. The Morgan fingerprint density at radius 1 is 1.47 bits per heavy atom. The summed E-state index contributed by atoms with van der Waals surface area (Å²) < 4.78 is 10.8. The molecule has 1 aromatic heterocycles. The van der Waals surface area contributed by atoms with E-state index in [0.29, 0.717) is 18.3 Å². The zero-order valence-electron chi connectivity index (χ0n) is 10.6. The predicted octanol–water partition coefficient (Wildman–Crippen LogP) is 0.728. The smallest absolute Gasteiger partial charge is 0.243 e. The molecule has 1 aliphatic heterocycles. The summed E-state index contributed by atoms with van der Waals surface area (Å²) in [6.07, 6.45) is -0.106. The van der Waals surface area contributed by atoms with Crippen molar-refractivity contribution in [2.45, 2.75) is 26.0 Å². The van der Waals surface area contributed by atoms with Crippen molar-refractivity contribution in [1.82, 2.24) is 15.0 Å². The van der Waals surface area contributed by atoms with Crippen LogP contribution in [0, 0.1) is 5.92 Å². The van der Waals surface area contributed by atoms with E-state index in [2.05, 4.69) is 22.1 Å². The molecule has 2 unspecified atom stereocenters. The number of aromatic nitrogens is 2. The van der Waals surface area contributed by atoms with E-state index in [1.165, 1.54) is 0 Å². The highest BCUT2D eigenvalue weighted by atomic mass is 16.5. The van der Waals surface area contributed by atoms with Gasteiger partial charge in [-0.2, -0.15) is 4.98 Å². The number of hydrogen-bond donors (Lipinski definition) is 1. The first kappa shape index (κ1) is 12.5. The van der Waals surface area contributed by atoms with Crippen molar-refractivity contribution < 1.29 is 9.26 Å². The molecule has 6 nitrogen and oxygen atoms in total. The van der Waals surface area contributed by atoms with Crippen LogP contribution < -0.4 is 5.73 Å². The summed E-state index contributed by atoms with van der Waals surface area (Å²) >= 11 is 0. The van der Waals surface area contributed by atoms with Gasteiger partial charge in [-0.15, -0.1) is 0 Å². The number of likely N-dealkylation sites (N-methyl/N-ethyl adjacent to an activating group) is 1. The zero-order chi connectivity index (χ0) is 12.4. The first-order valence-electron chi connectivity index (χ1n) is 5.97. The summed E-state index contributed by atoms with van der Waals surface area (Å²) in [4.78, 5) is 6.52. The Balaban J connectivity index is 2.07. The largest absolute Gasteiger partial charge is 0.367 e. The summed E-state index contributed by atoms with van der Waals surface area (Å²) in [5.74, 6) is 1.37. The first-order valence-corrected chi connectivity index (χ1v) is 5.97. The van der Waals surface area contributed by atoms with Crippen LogP contribution in [-0.2, 0) is 4.74 Å². The Kier molecular flexibility index (Phi) is 3.76. The van der Waals surface area contributed by atoms with Gasteiger partial charge in [0.25, 0.3) is 0 Å². The molecule has 96 valence electrons. The number of rotatable bonds is 3. The van der Waals surface area contributed by atoms with Crippen LogP contribution in [0.4, 0.5) is 0 Å². The van der Waals surface area contributed by atoms with E-state index in [4.69, 9.17) is 15.0 Å². The van der Waals surface area contributed by atoms with Gasteiger partial charge in [0.2, 0.25) is 11.7 Å². The van der Waals surface area contributed by atoms with Gasteiger partial charge in [-0.3, -0.25) is 0 Å². The topological polar surface area (TPSA) is 77.4 Å². The molecule has 2 atom stereocenters. The molecular formula is C11H20N4O2. The molecule has 1 aromatic rings. The molecule has 1 fully saturated rings. The highest BCUT2D eigenvalue weighted by Crippen LogP contribution is 2.22. The predicted molar refractivity (Wildman–Crippen MR) is 62.3 cm³/mol. The molecule has 2 rings (SSSR count). The highest BCUT2D eigenvalue weighted by molar-refractivity contribution is 4.97. The van der Waals surface area contributed by atoms with Crippen LogP contribution >= 0.6 is 0 Å². The molecule has 0 bridgehead atoms. The Morgan fingerprint density at radius 2 is 2.24 bits per heavy atom. The van der Waals surface area contributed by atoms with Crippen LogP contribution in [0.2, 0.25) is 0 Å². The van der Waals surface area contributed by atoms with Gasteiger partial charge in [0.15, 0.2) is 0 Å². The van der Waals surface area contributed by atoms with E-state index in [0.717, 1.165) is 13.1 Å². The summed E-state index contributed by atoms with van der Waals surface area (Å²) in [7, 11) is 2.05. The third-order valence-electron chi connectivity index (χ3n) is 3.02. The van der Waals surface area contributed by atoms with Gasteiger partial charge in [0, 0.05) is 13.1 Å². The first-order chi connectivity index (χ1) is 8.08. The molecule has 0 aliphatic carbocycles. The molecule has 2 heterocycles. The summed E-state index contributed by atoms with van der Waals surface area (Å²) in [5, 5.41) is 3.96. The quantitative estimate of drug-likeness (QED) is 0.839. The van der Waals surface area contributed by atoms with Crippen molar-refractivity contribution >= 4 is 0 Å². The van der Waals surface area contributed by atoms with E-state index in [-0.39, 0.29) is 18.1 Å². The maximum absolute atomic E-state index is 5.96. The van der Waals surface area contributed by atoms with Gasteiger partial charge >= 0.3 is 0 Å². The lowest BCUT2D eigenvalue weighted by molar-refractivity contribution is -0.0264. The van der Waals surface area contributed by atoms with Crippen molar-refractivity contribution in [1.29, 1.82) is 0 Å². The standard InChI is InChI=1S/C11H20N4O2/c1-7(2)9(12)11-13-10(14-17-11)8-6-15(3)4-5-16-8/h7-9H,4-6,12H2,1-3H3. The average Bonchev–Trinajstić information content (AvgIpc) is 2.77. The summed E-state index contributed by atoms with van der Waals surface area (Å²) in [6.45, 7) is 6.47. The van der Waals surface area contributed by atoms with Crippen LogP contribution in [0.15, 0.2) is 4.52 Å². The van der Waals surface area contributed by atoms with Crippen molar-refractivity contribution in [3.8, 4) is 0 Å². The molecule has 0 amide bonds.